The summed E-state index contributed by atoms with van der Waals surface area (Å²) in [5.74, 6) is 0.330. The Kier molecular flexibility index (Phi) is 10.7. The lowest BCUT2D eigenvalue weighted by Crippen LogP contribution is -2.57. The molecule has 3 atom stereocenters. The van der Waals surface area contributed by atoms with Crippen LogP contribution in [-0.4, -0.2) is 40.5 Å². The molecule has 0 radical (unpaired) electrons. The molecule has 7 heteroatoms. The Balaban J connectivity index is 1.47. The summed E-state index contributed by atoms with van der Waals surface area (Å²) in [7, 11) is 0. The van der Waals surface area contributed by atoms with Crippen LogP contribution in [0.2, 0.25) is 0 Å². The van der Waals surface area contributed by atoms with Gasteiger partial charge >= 0.3 is 0 Å². The van der Waals surface area contributed by atoms with E-state index < -0.39 is 17.6 Å². The van der Waals surface area contributed by atoms with Crippen molar-refractivity contribution in [2.45, 2.75) is 83.1 Å². The fraction of sp³-hybridized carbons (Fsp3) is 0.382. The highest BCUT2D eigenvalue weighted by Gasteiger charge is 2.29. The van der Waals surface area contributed by atoms with E-state index in [1.165, 1.54) is 0 Å². The van der Waals surface area contributed by atoms with Crippen LogP contribution < -0.4 is 20.7 Å². The third kappa shape index (κ3) is 10.2. The van der Waals surface area contributed by atoms with E-state index in [9.17, 15) is 9.59 Å². The van der Waals surface area contributed by atoms with E-state index in [-0.39, 0.29) is 17.9 Å². The molecule has 0 bridgehead atoms. The van der Waals surface area contributed by atoms with Crippen molar-refractivity contribution in [2.24, 2.45) is 0 Å². The van der Waals surface area contributed by atoms with Crippen molar-refractivity contribution in [3.05, 3.63) is 108 Å². The average Bonchev–Trinajstić information content (AvgIpc) is 2.97. The van der Waals surface area contributed by atoms with Crippen LogP contribution in [0, 0.1) is 0 Å². The summed E-state index contributed by atoms with van der Waals surface area (Å²) in [5.41, 5.74) is 2.55. The molecule has 1 aliphatic carbocycles. The van der Waals surface area contributed by atoms with Gasteiger partial charge in [0.25, 0.3) is 0 Å². The maximum Gasteiger partial charge on any atom is 0.243 e. The molecule has 0 saturated carbocycles. The first kappa shape index (κ1) is 30.0. The van der Waals surface area contributed by atoms with Gasteiger partial charge in [-0.25, -0.2) is 0 Å². The van der Waals surface area contributed by atoms with Crippen LogP contribution in [0.15, 0.2) is 91.3 Å². The summed E-state index contributed by atoms with van der Waals surface area (Å²) in [4.78, 5) is 31.4. The van der Waals surface area contributed by atoms with E-state index >= 15 is 0 Å². The van der Waals surface area contributed by atoms with Crippen LogP contribution in [-0.2, 0) is 29.0 Å². The Hall–Kier alpha value is -3.97. The van der Waals surface area contributed by atoms with Gasteiger partial charge in [0.1, 0.15) is 18.4 Å². The number of pyridine rings is 1. The van der Waals surface area contributed by atoms with Gasteiger partial charge in [0.2, 0.25) is 11.8 Å². The molecule has 1 heterocycles. The predicted molar refractivity (Wildman–Crippen MR) is 162 cm³/mol. The zero-order valence-corrected chi connectivity index (χ0v) is 24.3. The highest BCUT2D eigenvalue weighted by Crippen LogP contribution is 2.17. The lowest BCUT2D eigenvalue weighted by atomic mass is 9.99. The molecule has 1 aliphatic rings. The first-order chi connectivity index (χ1) is 19.7. The van der Waals surface area contributed by atoms with Gasteiger partial charge in [-0.2, -0.15) is 0 Å². The Morgan fingerprint density at radius 2 is 1.63 bits per heavy atom. The number of hydrogen-bond donors (Lipinski definition) is 3. The Morgan fingerprint density at radius 1 is 0.902 bits per heavy atom. The van der Waals surface area contributed by atoms with Crippen LogP contribution >= 0.6 is 0 Å². The highest BCUT2D eigenvalue weighted by atomic mass is 16.5. The zero-order valence-electron chi connectivity index (χ0n) is 24.3. The summed E-state index contributed by atoms with van der Waals surface area (Å²) in [6.07, 6.45) is 11.7. The molecular formula is C34H42N4O3. The number of hydrogen-bond acceptors (Lipinski definition) is 5. The van der Waals surface area contributed by atoms with Crippen LogP contribution in [0.25, 0.3) is 0 Å². The second-order valence-electron chi connectivity index (χ2n) is 11.7. The molecular weight excluding hydrogens is 512 g/mol. The molecule has 0 fully saturated rings. The number of aromatic nitrogens is 1. The second kappa shape index (κ2) is 14.6. The monoisotopic (exact) mass is 554 g/mol. The molecule has 3 N–H and O–H groups in total. The molecule has 0 spiro atoms. The lowest BCUT2D eigenvalue weighted by molar-refractivity contribution is -0.130. The molecule has 3 aromatic rings. The SMILES string of the molecule is CC(C)(C)NC(=O)C(Cc1ccc(OCc2ccccc2)cc1)NC(=O)C(Cc1cccnc1)NC1C=CCCC1. The van der Waals surface area contributed by atoms with Crippen LogP contribution in [0.3, 0.4) is 0 Å². The summed E-state index contributed by atoms with van der Waals surface area (Å²) < 4.78 is 5.92. The van der Waals surface area contributed by atoms with Gasteiger partial charge in [-0.3, -0.25) is 19.9 Å². The van der Waals surface area contributed by atoms with E-state index in [2.05, 4.69) is 33.1 Å². The van der Waals surface area contributed by atoms with Gasteiger partial charge in [-0.05, 0) is 81.3 Å². The number of carbonyl (C=O) groups is 2. The minimum absolute atomic E-state index is 0.112. The van der Waals surface area contributed by atoms with E-state index in [4.69, 9.17) is 4.74 Å². The molecule has 41 heavy (non-hydrogen) atoms. The Labute approximate surface area is 243 Å². The highest BCUT2D eigenvalue weighted by molar-refractivity contribution is 5.90. The minimum Gasteiger partial charge on any atom is -0.489 e. The first-order valence-corrected chi connectivity index (χ1v) is 14.4. The van der Waals surface area contributed by atoms with Gasteiger partial charge < -0.3 is 15.4 Å². The maximum absolute atomic E-state index is 13.7. The Bertz CT molecular complexity index is 1270. The number of benzene rings is 2. The number of ether oxygens (including phenoxy) is 1. The van der Waals surface area contributed by atoms with Crippen molar-refractivity contribution in [1.29, 1.82) is 0 Å². The largest absolute Gasteiger partial charge is 0.489 e. The first-order valence-electron chi connectivity index (χ1n) is 14.4. The zero-order chi connectivity index (χ0) is 29.1. The smallest absolute Gasteiger partial charge is 0.243 e. The molecule has 3 unspecified atom stereocenters. The van der Waals surface area contributed by atoms with E-state index in [1.54, 1.807) is 12.4 Å². The Morgan fingerprint density at radius 3 is 2.29 bits per heavy atom. The topological polar surface area (TPSA) is 92.4 Å². The van der Waals surface area contributed by atoms with Gasteiger partial charge in [0, 0.05) is 30.4 Å². The number of amides is 2. The van der Waals surface area contributed by atoms with Crippen LogP contribution in [0.1, 0.15) is 56.7 Å². The quantitative estimate of drug-likeness (QED) is 0.277. The fourth-order valence-corrected chi connectivity index (χ4v) is 4.83. The predicted octanol–water partition coefficient (Wildman–Crippen LogP) is 4.91. The van der Waals surface area contributed by atoms with Crippen molar-refractivity contribution in [3.8, 4) is 5.75 Å². The minimum atomic E-state index is -0.738. The summed E-state index contributed by atoms with van der Waals surface area (Å²) in [6.45, 7) is 6.29. The van der Waals surface area contributed by atoms with Crippen LogP contribution in [0.5, 0.6) is 5.75 Å². The standard InChI is InChI=1S/C34H42N4O3/c1-34(2,3)38-33(40)31(21-25-16-18-29(19-17-25)41-24-26-11-6-4-7-12-26)37-32(39)30(22-27-13-10-20-35-23-27)36-28-14-8-5-9-15-28/h4,6-8,10-14,16-20,23,28,30-31,36H,5,9,15,21-22,24H2,1-3H3,(H,37,39)(H,38,40). The second-order valence-corrected chi connectivity index (χ2v) is 11.7. The van der Waals surface area contributed by atoms with Gasteiger partial charge in [-0.1, -0.05) is 60.7 Å². The van der Waals surface area contributed by atoms with Crippen molar-refractivity contribution < 1.29 is 14.3 Å². The summed E-state index contributed by atoms with van der Waals surface area (Å²) in [5, 5.41) is 9.64. The third-order valence-electron chi connectivity index (χ3n) is 6.89. The normalized spacial score (nSPS) is 16.4. The molecule has 0 saturated heterocycles. The average molecular weight is 555 g/mol. The summed E-state index contributed by atoms with van der Waals surface area (Å²) >= 11 is 0. The van der Waals surface area contributed by atoms with Gasteiger partial charge in [0.05, 0.1) is 6.04 Å². The van der Waals surface area contributed by atoms with Gasteiger partial charge in [0.15, 0.2) is 0 Å². The van der Waals surface area contributed by atoms with Gasteiger partial charge in [-0.15, -0.1) is 0 Å². The molecule has 2 aromatic carbocycles. The number of carbonyl (C=O) groups excluding carboxylic acids is 2. The molecule has 216 valence electrons. The molecule has 0 aliphatic heterocycles. The summed E-state index contributed by atoms with van der Waals surface area (Å²) in [6, 6.07) is 20.4. The van der Waals surface area contributed by atoms with Crippen molar-refractivity contribution in [3.63, 3.8) is 0 Å². The van der Waals surface area contributed by atoms with Crippen molar-refractivity contribution in [1.82, 2.24) is 20.9 Å². The van der Waals surface area contributed by atoms with Crippen LogP contribution in [0.4, 0.5) is 0 Å². The third-order valence-corrected chi connectivity index (χ3v) is 6.89. The molecule has 7 nitrogen and oxygen atoms in total. The number of nitrogens with zero attached hydrogens (tertiary/aromatic N) is 1. The molecule has 1 aromatic heterocycles. The van der Waals surface area contributed by atoms with E-state index in [1.807, 2.05) is 87.5 Å². The van der Waals surface area contributed by atoms with Crippen molar-refractivity contribution >= 4 is 11.8 Å². The fourth-order valence-electron chi connectivity index (χ4n) is 4.83. The number of nitrogens with one attached hydrogen (secondary N) is 3. The van der Waals surface area contributed by atoms with E-state index in [0.29, 0.717) is 19.4 Å². The maximum atomic E-state index is 13.7. The molecule has 4 rings (SSSR count). The van der Waals surface area contributed by atoms with Crippen molar-refractivity contribution in [2.75, 3.05) is 0 Å². The number of rotatable bonds is 12. The number of allylic oxidation sites excluding steroid dienone is 1. The van der Waals surface area contributed by atoms with E-state index in [0.717, 1.165) is 41.7 Å². The molecule has 2 amide bonds. The lowest BCUT2D eigenvalue weighted by Gasteiger charge is -2.29.